The highest BCUT2D eigenvalue weighted by molar-refractivity contribution is 9.10. The lowest BCUT2D eigenvalue weighted by atomic mass is 10.1. The lowest BCUT2D eigenvalue weighted by molar-refractivity contribution is 0.101. The topological polar surface area (TPSA) is 74.5 Å². The van der Waals surface area contributed by atoms with Crippen molar-refractivity contribution in [2.45, 2.75) is 13.5 Å². The highest BCUT2D eigenvalue weighted by atomic mass is 79.9. The molecule has 0 saturated carbocycles. The lowest BCUT2D eigenvalue weighted by Crippen LogP contribution is -2.02. The Morgan fingerprint density at radius 3 is 2.60 bits per heavy atom. The molecule has 0 aliphatic rings. The van der Waals surface area contributed by atoms with Crippen LogP contribution >= 0.6 is 15.9 Å². The third kappa shape index (κ3) is 4.06. The maximum atomic E-state index is 11.7. The molecule has 0 saturated heterocycles. The first-order valence-electron chi connectivity index (χ1n) is 7.47. The highest BCUT2D eigenvalue weighted by Gasteiger charge is 2.13. The average Bonchev–Trinajstić information content (AvgIpc) is 3.09. The van der Waals surface area contributed by atoms with Gasteiger partial charge in [-0.05, 0) is 43.3 Å². The number of halogens is 1. The van der Waals surface area contributed by atoms with E-state index in [1.165, 1.54) is 6.92 Å². The van der Waals surface area contributed by atoms with Crippen LogP contribution in [0.1, 0.15) is 23.2 Å². The molecule has 0 N–H and O–H groups in total. The number of ketones is 1. The van der Waals surface area contributed by atoms with Gasteiger partial charge in [0.1, 0.15) is 11.5 Å². The van der Waals surface area contributed by atoms with Crippen molar-refractivity contribution in [1.29, 1.82) is 0 Å². The van der Waals surface area contributed by atoms with Gasteiger partial charge >= 0.3 is 0 Å². The van der Waals surface area contributed by atoms with Gasteiger partial charge in [-0.2, -0.15) is 0 Å². The van der Waals surface area contributed by atoms with Crippen LogP contribution in [0.4, 0.5) is 0 Å². The standard InChI is InChI=1S/C18H15BrN2O4/c1-11(22)15-8-7-14(23-2)9-16(15)24-10-17-20-21-18(25-17)12-3-5-13(19)6-4-12/h3-9H,10H2,1-2H3. The Bertz CT molecular complexity index is 890. The highest BCUT2D eigenvalue weighted by Crippen LogP contribution is 2.26. The summed E-state index contributed by atoms with van der Waals surface area (Å²) >= 11 is 3.38. The van der Waals surface area contributed by atoms with E-state index in [9.17, 15) is 4.79 Å². The maximum absolute atomic E-state index is 11.7. The summed E-state index contributed by atoms with van der Waals surface area (Å²) in [6.45, 7) is 1.53. The van der Waals surface area contributed by atoms with Crippen molar-refractivity contribution in [3.63, 3.8) is 0 Å². The van der Waals surface area contributed by atoms with Gasteiger partial charge in [0.15, 0.2) is 12.4 Å². The molecule has 0 atom stereocenters. The van der Waals surface area contributed by atoms with Crippen LogP contribution in [0.25, 0.3) is 11.5 Å². The number of benzene rings is 2. The number of nitrogens with zero attached hydrogens (tertiary/aromatic N) is 2. The van der Waals surface area contributed by atoms with Crippen LogP contribution in [-0.2, 0) is 6.61 Å². The van der Waals surface area contributed by atoms with E-state index in [1.54, 1.807) is 25.3 Å². The fourth-order valence-corrected chi connectivity index (χ4v) is 2.46. The zero-order chi connectivity index (χ0) is 17.8. The normalized spacial score (nSPS) is 10.5. The molecule has 0 aliphatic heterocycles. The maximum Gasteiger partial charge on any atom is 0.254 e. The first-order valence-corrected chi connectivity index (χ1v) is 8.26. The Labute approximate surface area is 152 Å². The van der Waals surface area contributed by atoms with Crippen LogP contribution in [0.5, 0.6) is 11.5 Å². The molecule has 0 radical (unpaired) electrons. The van der Waals surface area contributed by atoms with Gasteiger partial charge in [-0.25, -0.2) is 0 Å². The molecular formula is C18H15BrN2O4. The first-order chi connectivity index (χ1) is 12.1. The minimum Gasteiger partial charge on any atom is -0.497 e. The van der Waals surface area contributed by atoms with Crippen LogP contribution in [0.15, 0.2) is 51.4 Å². The van der Waals surface area contributed by atoms with Crippen LogP contribution in [0.2, 0.25) is 0 Å². The van der Waals surface area contributed by atoms with Crippen molar-refractivity contribution in [3.05, 3.63) is 58.4 Å². The number of carbonyl (C=O) groups excluding carboxylic acids is 1. The van der Waals surface area contributed by atoms with Gasteiger partial charge in [0.25, 0.3) is 5.89 Å². The second kappa shape index (κ2) is 7.48. The summed E-state index contributed by atoms with van der Waals surface area (Å²) in [5, 5.41) is 7.99. The quantitative estimate of drug-likeness (QED) is 0.572. The predicted molar refractivity (Wildman–Crippen MR) is 94.8 cm³/mol. The number of hydrogen-bond acceptors (Lipinski definition) is 6. The van der Waals surface area contributed by atoms with Crippen LogP contribution in [0, 0.1) is 0 Å². The van der Waals surface area contributed by atoms with E-state index in [4.69, 9.17) is 13.9 Å². The van der Waals surface area contributed by atoms with E-state index >= 15 is 0 Å². The summed E-state index contributed by atoms with van der Waals surface area (Å²) in [7, 11) is 1.55. The van der Waals surface area contributed by atoms with E-state index in [0.717, 1.165) is 10.0 Å². The van der Waals surface area contributed by atoms with Crippen molar-refractivity contribution in [2.75, 3.05) is 7.11 Å². The molecule has 0 bridgehead atoms. The smallest absolute Gasteiger partial charge is 0.254 e. The molecule has 1 heterocycles. The summed E-state index contributed by atoms with van der Waals surface area (Å²) < 4.78 is 17.4. The third-order valence-electron chi connectivity index (χ3n) is 3.48. The number of aromatic nitrogens is 2. The first kappa shape index (κ1) is 17.2. The van der Waals surface area contributed by atoms with E-state index in [1.807, 2.05) is 24.3 Å². The molecule has 0 unspecified atom stereocenters. The molecule has 0 aliphatic carbocycles. The Kier molecular flexibility index (Phi) is 5.14. The van der Waals surface area contributed by atoms with E-state index in [0.29, 0.717) is 28.8 Å². The van der Waals surface area contributed by atoms with E-state index in [2.05, 4.69) is 26.1 Å². The molecule has 0 spiro atoms. The van der Waals surface area contributed by atoms with Gasteiger partial charge in [-0.3, -0.25) is 4.79 Å². The molecule has 25 heavy (non-hydrogen) atoms. The van der Waals surface area contributed by atoms with Crippen LogP contribution in [0.3, 0.4) is 0 Å². The second-order valence-corrected chi connectivity index (χ2v) is 6.13. The number of rotatable bonds is 6. The zero-order valence-corrected chi connectivity index (χ0v) is 15.2. The molecule has 2 aromatic carbocycles. The van der Waals surface area contributed by atoms with Crippen molar-refractivity contribution < 1.29 is 18.7 Å². The molecule has 6 nitrogen and oxygen atoms in total. The Morgan fingerprint density at radius 1 is 1.16 bits per heavy atom. The summed E-state index contributed by atoms with van der Waals surface area (Å²) in [6.07, 6.45) is 0. The van der Waals surface area contributed by atoms with Gasteiger partial charge in [-0.1, -0.05) is 15.9 Å². The van der Waals surface area contributed by atoms with Crippen molar-refractivity contribution >= 4 is 21.7 Å². The fourth-order valence-electron chi connectivity index (χ4n) is 2.20. The molecule has 3 rings (SSSR count). The molecule has 3 aromatic rings. The average molecular weight is 403 g/mol. The fraction of sp³-hybridized carbons (Fsp3) is 0.167. The number of methoxy groups -OCH3 is 1. The van der Waals surface area contributed by atoms with E-state index < -0.39 is 0 Å². The van der Waals surface area contributed by atoms with Gasteiger partial charge in [-0.15, -0.1) is 10.2 Å². The third-order valence-corrected chi connectivity index (χ3v) is 4.01. The molecule has 0 amide bonds. The summed E-state index contributed by atoms with van der Waals surface area (Å²) in [4.78, 5) is 11.7. The van der Waals surface area contributed by atoms with Crippen LogP contribution in [-0.4, -0.2) is 23.1 Å². The molecule has 128 valence electrons. The number of Topliss-reactive ketones (excluding diaryl/α,β-unsaturated/α-hetero) is 1. The minimum atomic E-state index is -0.0984. The second-order valence-electron chi connectivity index (χ2n) is 5.21. The van der Waals surface area contributed by atoms with Gasteiger partial charge < -0.3 is 13.9 Å². The molecule has 0 fully saturated rings. The van der Waals surface area contributed by atoms with Gasteiger partial charge in [0, 0.05) is 16.1 Å². The Balaban J connectivity index is 1.76. The largest absolute Gasteiger partial charge is 0.497 e. The van der Waals surface area contributed by atoms with Gasteiger partial charge in [0.2, 0.25) is 5.89 Å². The van der Waals surface area contributed by atoms with Gasteiger partial charge in [0.05, 0.1) is 12.7 Å². The molecule has 1 aromatic heterocycles. The van der Waals surface area contributed by atoms with Crippen molar-refractivity contribution in [1.82, 2.24) is 10.2 Å². The Hall–Kier alpha value is -2.67. The number of carbonyl (C=O) groups is 1. The lowest BCUT2D eigenvalue weighted by Gasteiger charge is -2.09. The molecular weight excluding hydrogens is 388 g/mol. The summed E-state index contributed by atoms with van der Waals surface area (Å²) in [6, 6.07) is 12.6. The van der Waals surface area contributed by atoms with E-state index in [-0.39, 0.29) is 12.4 Å². The monoisotopic (exact) mass is 402 g/mol. The predicted octanol–water partition coefficient (Wildman–Crippen LogP) is 4.29. The summed E-state index contributed by atoms with van der Waals surface area (Å²) in [5.41, 5.74) is 1.28. The van der Waals surface area contributed by atoms with Crippen LogP contribution < -0.4 is 9.47 Å². The zero-order valence-electron chi connectivity index (χ0n) is 13.7. The number of hydrogen-bond donors (Lipinski definition) is 0. The molecule has 7 heteroatoms. The van der Waals surface area contributed by atoms with Crippen molar-refractivity contribution in [2.24, 2.45) is 0 Å². The summed E-state index contributed by atoms with van der Waals surface area (Å²) in [5.74, 6) is 1.63. The number of ether oxygens (including phenoxy) is 2. The Morgan fingerprint density at radius 2 is 1.92 bits per heavy atom. The van der Waals surface area contributed by atoms with Crippen molar-refractivity contribution in [3.8, 4) is 23.0 Å². The minimum absolute atomic E-state index is 0.0526. The SMILES string of the molecule is COc1ccc(C(C)=O)c(OCc2nnc(-c3ccc(Br)cc3)o2)c1.